The van der Waals surface area contributed by atoms with Crippen LogP contribution in [-0.2, 0) is 0 Å². The van der Waals surface area contributed by atoms with Gasteiger partial charge in [-0.15, -0.1) is 0 Å². The van der Waals surface area contributed by atoms with Gasteiger partial charge in [-0.05, 0) is 28.8 Å². The molecule has 1 saturated carbocycles. The number of nitrogens with zero attached hydrogens (tertiary/aromatic N) is 2. The Hall–Kier alpha value is -0.920. The van der Waals surface area contributed by atoms with Crippen LogP contribution in [0, 0.1) is 0 Å². The number of nitrogens with two attached hydrogens (primary N) is 1. The summed E-state index contributed by atoms with van der Waals surface area (Å²) in [5, 5.41) is 12.8. The third-order valence-electron chi connectivity index (χ3n) is 3.12. The molecule has 0 aliphatic heterocycles. The molecule has 0 aromatic carbocycles. The smallest absolute Gasteiger partial charge is 0.239 e. The highest BCUT2D eigenvalue weighted by Gasteiger charge is 2.33. The van der Waals surface area contributed by atoms with Crippen LogP contribution in [0.2, 0.25) is 0 Å². The molecule has 1 aliphatic rings. The Morgan fingerprint density at radius 1 is 1.47 bits per heavy atom. The monoisotopic (exact) mass is 301 g/mol. The van der Waals surface area contributed by atoms with Crippen LogP contribution in [-0.4, -0.2) is 27.2 Å². The first kappa shape index (κ1) is 12.5. The Morgan fingerprint density at radius 2 is 2.18 bits per heavy atom. The molecule has 1 aromatic heterocycles. The van der Waals surface area contributed by atoms with Gasteiger partial charge >= 0.3 is 0 Å². The number of nitrogens with one attached hydrogen (secondary N) is 2. The number of hydrogen-bond acceptors (Lipinski definition) is 6. The summed E-state index contributed by atoms with van der Waals surface area (Å²) >= 11 is 3.38. The number of aliphatic hydroxyl groups excluding tert-OH is 1. The Bertz CT molecular complexity index is 394. The molecule has 1 heterocycles. The maximum atomic E-state index is 9.53. The van der Waals surface area contributed by atoms with Gasteiger partial charge in [0.2, 0.25) is 5.95 Å². The van der Waals surface area contributed by atoms with Crippen molar-refractivity contribution in [2.45, 2.75) is 31.2 Å². The zero-order valence-electron chi connectivity index (χ0n) is 9.41. The minimum Gasteiger partial charge on any atom is -0.394 e. The molecule has 5 N–H and O–H groups in total. The number of rotatable bonds is 4. The molecule has 6 nitrogen and oxygen atoms in total. The SMILES string of the molecule is NNc1ncc(Br)c(NC2(CO)CCCC2)n1. The van der Waals surface area contributed by atoms with Crippen molar-refractivity contribution >= 4 is 27.7 Å². The van der Waals surface area contributed by atoms with Gasteiger partial charge in [0.05, 0.1) is 16.6 Å². The second-order valence-corrected chi connectivity index (χ2v) is 5.16. The fourth-order valence-electron chi connectivity index (χ4n) is 2.15. The van der Waals surface area contributed by atoms with E-state index >= 15 is 0 Å². The van der Waals surface area contributed by atoms with Gasteiger partial charge in [0.15, 0.2) is 0 Å². The number of halogens is 1. The van der Waals surface area contributed by atoms with Crippen molar-refractivity contribution in [3.8, 4) is 0 Å². The summed E-state index contributed by atoms with van der Waals surface area (Å²) in [5.41, 5.74) is 2.14. The van der Waals surface area contributed by atoms with Crippen molar-refractivity contribution in [1.29, 1.82) is 0 Å². The lowest BCUT2D eigenvalue weighted by atomic mass is 9.99. The summed E-state index contributed by atoms with van der Waals surface area (Å²) < 4.78 is 0.760. The number of nitrogen functional groups attached to an aromatic ring is 1. The van der Waals surface area contributed by atoms with Crippen molar-refractivity contribution in [2.75, 3.05) is 17.3 Å². The summed E-state index contributed by atoms with van der Waals surface area (Å²) in [5.74, 6) is 6.28. The van der Waals surface area contributed by atoms with Gasteiger partial charge in [-0.3, -0.25) is 5.43 Å². The lowest BCUT2D eigenvalue weighted by Crippen LogP contribution is -2.39. The highest BCUT2D eigenvalue weighted by Crippen LogP contribution is 2.34. The Balaban J connectivity index is 2.22. The Morgan fingerprint density at radius 3 is 2.76 bits per heavy atom. The van der Waals surface area contributed by atoms with Crippen LogP contribution < -0.4 is 16.6 Å². The van der Waals surface area contributed by atoms with E-state index in [1.165, 1.54) is 0 Å². The van der Waals surface area contributed by atoms with Crippen molar-refractivity contribution in [3.63, 3.8) is 0 Å². The molecule has 0 unspecified atom stereocenters. The zero-order chi connectivity index (χ0) is 12.3. The maximum Gasteiger partial charge on any atom is 0.239 e. The first-order valence-electron chi connectivity index (χ1n) is 5.57. The van der Waals surface area contributed by atoms with Crippen molar-refractivity contribution in [1.82, 2.24) is 9.97 Å². The minimum absolute atomic E-state index is 0.106. The lowest BCUT2D eigenvalue weighted by molar-refractivity contribution is 0.213. The van der Waals surface area contributed by atoms with E-state index in [9.17, 15) is 5.11 Å². The van der Waals surface area contributed by atoms with Crippen LogP contribution in [0.25, 0.3) is 0 Å². The molecule has 1 aromatic rings. The van der Waals surface area contributed by atoms with Gasteiger partial charge in [0.25, 0.3) is 0 Å². The number of aliphatic hydroxyl groups is 1. The third kappa shape index (κ3) is 2.67. The summed E-state index contributed by atoms with van der Waals surface area (Å²) in [7, 11) is 0. The molecule has 17 heavy (non-hydrogen) atoms. The van der Waals surface area contributed by atoms with Gasteiger partial charge in [0.1, 0.15) is 5.82 Å². The molecule has 94 valence electrons. The van der Waals surface area contributed by atoms with Gasteiger partial charge in [-0.1, -0.05) is 12.8 Å². The van der Waals surface area contributed by atoms with Crippen LogP contribution in [0.4, 0.5) is 11.8 Å². The van der Waals surface area contributed by atoms with Crippen molar-refractivity contribution in [3.05, 3.63) is 10.7 Å². The highest BCUT2D eigenvalue weighted by molar-refractivity contribution is 9.10. The molecular weight excluding hydrogens is 286 g/mol. The predicted molar refractivity (Wildman–Crippen MR) is 69.4 cm³/mol. The van der Waals surface area contributed by atoms with E-state index in [0.717, 1.165) is 30.2 Å². The van der Waals surface area contributed by atoms with E-state index in [-0.39, 0.29) is 12.1 Å². The molecule has 0 spiro atoms. The van der Waals surface area contributed by atoms with E-state index in [2.05, 4.69) is 36.6 Å². The van der Waals surface area contributed by atoms with Gasteiger partial charge in [-0.2, -0.15) is 4.98 Å². The predicted octanol–water partition coefficient (Wildman–Crippen LogP) is 1.24. The normalized spacial score (nSPS) is 18.1. The zero-order valence-corrected chi connectivity index (χ0v) is 11.0. The van der Waals surface area contributed by atoms with E-state index in [1.807, 2.05) is 0 Å². The standard InChI is InChI=1S/C10H16BrN5O/c11-7-5-13-9(16-12)14-8(7)15-10(6-17)3-1-2-4-10/h5,17H,1-4,6,12H2,(H2,13,14,15,16). The lowest BCUT2D eigenvalue weighted by Gasteiger charge is -2.29. The van der Waals surface area contributed by atoms with Crippen LogP contribution in [0.3, 0.4) is 0 Å². The highest BCUT2D eigenvalue weighted by atomic mass is 79.9. The Kier molecular flexibility index (Phi) is 3.80. The van der Waals surface area contributed by atoms with E-state index in [0.29, 0.717) is 11.8 Å². The van der Waals surface area contributed by atoms with Crippen LogP contribution >= 0.6 is 15.9 Å². The number of hydrazine groups is 1. The first-order valence-corrected chi connectivity index (χ1v) is 6.37. The first-order chi connectivity index (χ1) is 8.19. The number of aromatic nitrogens is 2. The molecule has 1 aliphatic carbocycles. The minimum atomic E-state index is -0.261. The molecule has 1 fully saturated rings. The number of anilines is 2. The quantitative estimate of drug-likeness (QED) is 0.494. The fraction of sp³-hybridized carbons (Fsp3) is 0.600. The summed E-state index contributed by atoms with van der Waals surface area (Å²) in [6.45, 7) is 0.106. The van der Waals surface area contributed by atoms with E-state index in [4.69, 9.17) is 5.84 Å². The molecule has 2 rings (SSSR count). The van der Waals surface area contributed by atoms with E-state index < -0.39 is 0 Å². The van der Waals surface area contributed by atoms with Crippen LogP contribution in [0.1, 0.15) is 25.7 Å². The molecule has 0 amide bonds. The van der Waals surface area contributed by atoms with Crippen LogP contribution in [0.5, 0.6) is 0 Å². The number of hydrogen-bond donors (Lipinski definition) is 4. The van der Waals surface area contributed by atoms with E-state index in [1.54, 1.807) is 6.20 Å². The summed E-state index contributed by atoms with van der Waals surface area (Å²) in [6, 6.07) is 0. The summed E-state index contributed by atoms with van der Waals surface area (Å²) in [4.78, 5) is 8.21. The molecule has 0 atom stereocenters. The Labute approximate surface area is 108 Å². The van der Waals surface area contributed by atoms with Crippen molar-refractivity contribution in [2.24, 2.45) is 5.84 Å². The molecule has 0 radical (unpaired) electrons. The third-order valence-corrected chi connectivity index (χ3v) is 3.70. The average molecular weight is 302 g/mol. The van der Waals surface area contributed by atoms with Crippen LogP contribution in [0.15, 0.2) is 10.7 Å². The molecule has 0 saturated heterocycles. The average Bonchev–Trinajstić information content (AvgIpc) is 2.81. The molecule has 7 heteroatoms. The van der Waals surface area contributed by atoms with Gasteiger partial charge in [0, 0.05) is 6.20 Å². The second kappa shape index (κ2) is 5.16. The largest absolute Gasteiger partial charge is 0.394 e. The summed E-state index contributed by atoms with van der Waals surface area (Å²) in [6.07, 6.45) is 5.78. The maximum absolute atomic E-state index is 9.53. The topological polar surface area (TPSA) is 96.1 Å². The van der Waals surface area contributed by atoms with Crippen molar-refractivity contribution < 1.29 is 5.11 Å². The van der Waals surface area contributed by atoms with Gasteiger partial charge < -0.3 is 10.4 Å². The van der Waals surface area contributed by atoms with Gasteiger partial charge in [-0.25, -0.2) is 10.8 Å². The molecular formula is C10H16BrN5O. The fourth-order valence-corrected chi connectivity index (χ4v) is 2.44. The molecule has 0 bridgehead atoms. The second-order valence-electron chi connectivity index (χ2n) is 4.31.